The van der Waals surface area contributed by atoms with Crippen molar-refractivity contribution in [2.45, 2.75) is 124 Å². The molecule has 0 aliphatic carbocycles. The van der Waals surface area contributed by atoms with E-state index in [1.54, 1.807) is 7.05 Å². The minimum absolute atomic E-state index is 0.150. The fraction of sp³-hybridized carbons (Fsp3) is 0.958. The van der Waals surface area contributed by atoms with Crippen LogP contribution >= 0.6 is 0 Å². The molecule has 0 saturated carbocycles. The van der Waals surface area contributed by atoms with Gasteiger partial charge in [-0.15, -0.1) is 0 Å². The molecule has 0 aliphatic heterocycles. The summed E-state index contributed by atoms with van der Waals surface area (Å²) in [7, 11) is 1.73. The quantitative estimate of drug-likeness (QED) is 0.0985. The molecule has 176 valence electrons. The Kier molecular flexibility index (Phi) is 24.9. The number of hydrogen-bond acceptors (Lipinski definition) is 3. The molecule has 0 spiro atoms. The van der Waals surface area contributed by atoms with E-state index < -0.39 is 5.97 Å². The van der Waals surface area contributed by atoms with Gasteiger partial charge in [0, 0.05) is 13.0 Å². The summed E-state index contributed by atoms with van der Waals surface area (Å²) in [5, 5.41) is 23.3. The lowest BCUT2D eigenvalue weighted by Crippen LogP contribution is -2.45. The molecule has 0 aromatic heterocycles. The van der Waals surface area contributed by atoms with E-state index in [2.05, 4.69) is 19.2 Å². The minimum atomic E-state index is -0.657. The van der Waals surface area contributed by atoms with E-state index in [4.69, 9.17) is 5.11 Å². The largest absolute Gasteiger partial charge is 0.632 e. The summed E-state index contributed by atoms with van der Waals surface area (Å²) in [4.78, 5) is 10.3. The lowest BCUT2D eigenvalue weighted by molar-refractivity contribution is -0.863. The normalized spacial score (nSPS) is 12.9. The van der Waals surface area contributed by atoms with Gasteiger partial charge in [0.1, 0.15) is 6.67 Å². The maximum absolute atomic E-state index is 11.6. The predicted molar refractivity (Wildman–Crippen MR) is 126 cm³/mol. The van der Waals surface area contributed by atoms with Crippen molar-refractivity contribution in [3.63, 3.8) is 0 Å². The summed E-state index contributed by atoms with van der Waals surface area (Å²) in [6.45, 7) is 8.72. The van der Waals surface area contributed by atoms with Crippen LogP contribution in [0.15, 0.2) is 0 Å². The Balaban J connectivity index is 0. The molecule has 0 aromatic carbocycles. The number of rotatable bonds is 20. The van der Waals surface area contributed by atoms with E-state index in [1.807, 2.05) is 6.92 Å². The zero-order valence-electron chi connectivity index (χ0n) is 20.1. The third kappa shape index (κ3) is 29.6. The van der Waals surface area contributed by atoms with Crippen molar-refractivity contribution in [1.29, 1.82) is 0 Å². The summed E-state index contributed by atoms with van der Waals surface area (Å²) in [6, 6.07) is 0. The molecule has 0 rings (SSSR count). The molecule has 1 unspecified atom stereocenters. The lowest BCUT2D eigenvalue weighted by Gasteiger charge is -2.38. The van der Waals surface area contributed by atoms with Crippen LogP contribution < -0.4 is 5.32 Å². The first-order valence-electron chi connectivity index (χ1n) is 12.4. The lowest BCUT2D eigenvalue weighted by atomic mass is 10.1. The van der Waals surface area contributed by atoms with E-state index in [9.17, 15) is 10.0 Å². The highest BCUT2D eigenvalue weighted by molar-refractivity contribution is 5.66. The summed E-state index contributed by atoms with van der Waals surface area (Å²) in [6.07, 6.45) is 19.0. The van der Waals surface area contributed by atoms with Gasteiger partial charge in [0.15, 0.2) is 0 Å². The Hall–Kier alpha value is -0.650. The molecule has 0 aliphatic rings. The molecule has 29 heavy (non-hydrogen) atoms. The molecule has 0 radical (unpaired) electrons. The highest BCUT2D eigenvalue weighted by Crippen LogP contribution is 2.11. The van der Waals surface area contributed by atoms with Crippen molar-refractivity contribution < 1.29 is 14.5 Å². The Morgan fingerprint density at radius 3 is 1.66 bits per heavy atom. The van der Waals surface area contributed by atoms with Gasteiger partial charge in [0.2, 0.25) is 0 Å². The Morgan fingerprint density at radius 1 is 0.759 bits per heavy atom. The van der Waals surface area contributed by atoms with Crippen LogP contribution in [0, 0.1) is 5.21 Å². The smallest absolute Gasteiger partial charge is 0.303 e. The Bertz CT molecular complexity index is 336. The monoisotopic (exact) mass is 416 g/mol. The van der Waals surface area contributed by atoms with Crippen LogP contribution in [0.4, 0.5) is 0 Å². The van der Waals surface area contributed by atoms with Gasteiger partial charge in [-0.2, -0.15) is 0 Å². The van der Waals surface area contributed by atoms with Gasteiger partial charge in [-0.25, -0.2) is 0 Å². The van der Waals surface area contributed by atoms with Gasteiger partial charge in [-0.05, 0) is 19.3 Å². The third-order valence-electron chi connectivity index (χ3n) is 5.09. The summed E-state index contributed by atoms with van der Waals surface area (Å²) < 4.78 is -0.150. The molecular formula is C24H52N2O3. The van der Waals surface area contributed by atoms with Crippen LogP contribution in [-0.2, 0) is 4.79 Å². The van der Waals surface area contributed by atoms with Crippen molar-refractivity contribution in [1.82, 2.24) is 5.32 Å². The van der Waals surface area contributed by atoms with E-state index in [1.165, 1.54) is 77.0 Å². The molecule has 1 atom stereocenters. The average Bonchev–Trinajstić information content (AvgIpc) is 2.66. The number of carboxylic acid groups (broad SMARTS) is 1. The topological polar surface area (TPSA) is 72.4 Å². The third-order valence-corrected chi connectivity index (χ3v) is 5.09. The highest BCUT2D eigenvalue weighted by Gasteiger charge is 2.06. The second kappa shape index (κ2) is 23.6. The van der Waals surface area contributed by atoms with E-state index >= 15 is 0 Å². The van der Waals surface area contributed by atoms with Crippen LogP contribution in [0.1, 0.15) is 124 Å². The number of unbranched alkanes of at least 4 members (excludes halogenated alkanes) is 12. The van der Waals surface area contributed by atoms with Crippen LogP contribution in [0.5, 0.6) is 0 Å². The van der Waals surface area contributed by atoms with Crippen LogP contribution in [0.3, 0.4) is 0 Å². The van der Waals surface area contributed by atoms with Gasteiger partial charge >= 0.3 is 5.97 Å². The maximum Gasteiger partial charge on any atom is 0.303 e. The van der Waals surface area contributed by atoms with Crippen molar-refractivity contribution in [3.8, 4) is 0 Å². The van der Waals surface area contributed by atoms with Gasteiger partial charge in [0.25, 0.3) is 0 Å². The fourth-order valence-corrected chi connectivity index (χ4v) is 3.31. The molecular weight excluding hydrogens is 364 g/mol. The zero-order chi connectivity index (χ0) is 22.2. The van der Waals surface area contributed by atoms with Crippen LogP contribution in [0.25, 0.3) is 0 Å². The Morgan fingerprint density at radius 2 is 1.21 bits per heavy atom. The molecule has 0 aromatic rings. The molecule has 0 fully saturated rings. The number of nitrogens with one attached hydrogen (secondary N) is 1. The second-order valence-corrected chi connectivity index (χ2v) is 8.56. The molecule has 0 amide bonds. The van der Waals surface area contributed by atoms with E-state index in [0.29, 0.717) is 19.6 Å². The molecule has 0 heterocycles. The van der Waals surface area contributed by atoms with E-state index in [-0.39, 0.29) is 4.65 Å². The number of nitrogens with zero attached hydrogens (tertiary/aromatic N) is 1. The number of aliphatic carboxylic acids is 1. The number of carbonyl (C=O) groups is 1. The van der Waals surface area contributed by atoms with Crippen molar-refractivity contribution >= 4 is 5.97 Å². The van der Waals surface area contributed by atoms with Crippen molar-refractivity contribution in [3.05, 3.63) is 5.21 Å². The molecule has 2 N–H and O–H groups in total. The first kappa shape index (κ1) is 30.5. The SMILES string of the molecule is CCCCCCCCCCCCCC(=O)O.CCCCCNC[N+](C)([O-])CCC. The second-order valence-electron chi connectivity index (χ2n) is 8.56. The number of carboxylic acids is 1. The summed E-state index contributed by atoms with van der Waals surface area (Å²) in [5.74, 6) is -0.657. The number of hydroxylamine groups is 3. The summed E-state index contributed by atoms with van der Waals surface area (Å²) in [5.41, 5.74) is 0. The standard InChI is InChI=1S/C14H28O2.C10H24N2O/c1-2-3-4-5-6-7-8-9-10-11-12-13-14(15)16;1-4-6-7-8-11-10-12(3,13)9-5-2/h2-13H2,1H3,(H,15,16);11H,4-10H2,1-3H3. The zero-order valence-corrected chi connectivity index (χ0v) is 20.1. The van der Waals surface area contributed by atoms with E-state index in [0.717, 1.165) is 25.8 Å². The fourth-order valence-electron chi connectivity index (χ4n) is 3.31. The van der Waals surface area contributed by atoms with Crippen molar-refractivity contribution in [2.24, 2.45) is 0 Å². The van der Waals surface area contributed by atoms with Gasteiger partial charge in [0.05, 0.1) is 13.6 Å². The highest BCUT2D eigenvalue weighted by atomic mass is 16.5. The van der Waals surface area contributed by atoms with Gasteiger partial charge in [-0.1, -0.05) is 97.8 Å². The van der Waals surface area contributed by atoms with Crippen LogP contribution in [0.2, 0.25) is 0 Å². The molecule has 5 heteroatoms. The molecule has 0 saturated heterocycles. The van der Waals surface area contributed by atoms with Crippen molar-refractivity contribution in [2.75, 3.05) is 26.8 Å². The molecule has 5 nitrogen and oxygen atoms in total. The first-order valence-corrected chi connectivity index (χ1v) is 12.4. The van der Waals surface area contributed by atoms with Gasteiger partial charge in [-0.3, -0.25) is 10.1 Å². The maximum atomic E-state index is 11.6. The molecule has 0 bridgehead atoms. The average molecular weight is 417 g/mol. The predicted octanol–water partition coefficient (Wildman–Crippen LogP) is 6.85. The number of quaternary nitrogens is 1. The van der Waals surface area contributed by atoms with Gasteiger partial charge < -0.3 is 15.0 Å². The number of hydrogen-bond donors (Lipinski definition) is 2. The first-order chi connectivity index (χ1) is 13.9. The minimum Gasteiger partial charge on any atom is -0.632 e. The summed E-state index contributed by atoms with van der Waals surface area (Å²) >= 11 is 0. The Labute approximate surface area is 181 Å². The van der Waals surface area contributed by atoms with Crippen LogP contribution in [-0.4, -0.2) is 42.5 Å².